The highest BCUT2D eigenvalue weighted by Crippen LogP contribution is 2.75. The Morgan fingerprint density at radius 1 is 0.889 bits per heavy atom. The van der Waals surface area contributed by atoms with Gasteiger partial charge in [-0.05, 0) is 104 Å². The fourth-order valence-electron chi connectivity index (χ4n) is 11.0. The predicted octanol–water partition coefficient (Wildman–Crippen LogP) is 7.80. The Morgan fingerprint density at radius 2 is 1.56 bits per heavy atom. The Bertz CT molecular complexity index is 992. The van der Waals surface area contributed by atoms with Crippen molar-refractivity contribution in [3.8, 4) is 0 Å². The second-order valence-corrected chi connectivity index (χ2v) is 15.6. The lowest BCUT2D eigenvalue weighted by molar-refractivity contribution is -0.213. The normalized spacial score (nSPS) is 48.8. The molecule has 0 aromatic rings. The number of fused-ring (bicyclic) bond motifs is 7. The largest absolute Gasteiger partial charge is 0.481 e. The molecule has 8 atom stereocenters. The second-order valence-electron chi connectivity index (χ2n) is 15.6. The van der Waals surface area contributed by atoms with Crippen LogP contribution in [0.15, 0.2) is 11.6 Å². The first kappa shape index (κ1) is 26.3. The van der Waals surface area contributed by atoms with E-state index in [-0.39, 0.29) is 45.1 Å². The third kappa shape index (κ3) is 3.30. The lowest BCUT2D eigenvalue weighted by Gasteiger charge is -2.71. The number of rotatable bonds is 2. The molecule has 0 aliphatic heterocycles. The molecular formula is C32H50O4. The van der Waals surface area contributed by atoms with Crippen molar-refractivity contribution in [2.45, 2.75) is 126 Å². The molecule has 36 heavy (non-hydrogen) atoms. The molecule has 5 aliphatic rings. The van der Waals surface area contributed by atoms with Crippen LogP contribution in [-0.2, 0) is 14.3 Å². The van der Waals surface area contributed by atoms with Gasteiger partial charge in [-0.25, -0.2) is 0 Å². The van der Waals surface area contributed by atoms with Gasteiger partial charge in [0, 0.05) is 12.3 Å². The second kappa shape index (κ2) is 7.85. The van der Waals surface area contributed by atoms with Crippen molar-refractivity contribution in [2.24, 2.45) is 50.2 Å². The molecule has 4 heteroatoms. The summed E-state index contributed by atoms with van der Waals surface area (Å²) in [4.78, 5) is 24.7. The van der Waals surface area contributed by atoms with Crippen LogP contribution in [0.4, 0.5) is 0 Å². The van der Waals surface area contributed by atoms with Gasteiger partial charge in [-0.2, -0.15) is 0 Å². The Kier molecular flexibility index (Phi) is 5.74. The average molecular weight is 499 g/mol. The van der Waals surface area contributed by atoms with Gasteiger partial charge in [0.1, 0.15) is 6.10 Å². The molecule has 0 radical (unpaired) electrons. The van der Waals surface area contributed by atoms with Gasteiger partial charge >= 0.3 is 11.9 Å². The first-order valence-corrected chi connectivity index (χ1v) is 14.6. The predicted molar refractivity (Wildman–Crippen MR) is 142 cm³/mol. The van der Waals surface area contributed by atoms with Crippen LogP contribution in [0.3, 0.4) is 0 Å². The summed E-state index contributed by atoms with van der Waals surface area (Å²) in [7, 11) is 0. The fraction of sp³-hybridized carbons (Fsp3) is 0.875. The maximum Gasteiger partial charge on any atom is 0.310 e. The number of carbonyl (C=O) groups excluding carboxylic acids is 1. The summed E-state index contributed by atoms with van der Waals surface area (Å²) in [6.07, 6.45) is 12.6. The van der Waals surface area contributed by atoms with E-state index in [2.05, 4.69) is 54.5 Å². The summed E-state index contributed by atoms with van der Waals surface area (Å²) in [5.74, 6) is 0.546. The van der Waals surface area contributed by atoms with Crippen LogP contribution in [0, 0.1) is 50.2 Å². The summed E-state index contributed by atoms with van der Waals surface area (Å²) in [6, 6.07) is 0. The molecular weight excluding hydrogens is 448 g/mol. The molecule has 0 amide bonds. The number of allylic oxidation sites excluding steroid dienone is 2. The van der Waals surface area contributed by atoms with Crippen LogP contribution in [0.25, 0.3) is 0 Å². The van der Waals surface area contributed by atoms with Crippen molar-refractivity contribution >= 4 is 11.9 Å². The van der Waals surface area contributed by atoms with Crippen molar-refractivity contribution in [1.82, 2.24) is 0 Å². The lowest BCUT2D eigenvalue weighted by atomic mass is 9.33. The maximum absolute atomic E-state index is 12.8. The molecule has 0 saturated heterocycles. The van der Waals surface area contributed by atoms with E-state index in [1.165, 1.54) is 12.0 Å². The van der Waals surface area contributed by atoms with Gasteiger partial charge in [0.15, 0.2) is 0 Å². The van der Waals surface area contributed by atoms with Crippen molar-refractivity contribution in [1.29, 1.82) is 0 Å². The molecule has 4 saturated carbocycles. The van der Waals surface area contributed by atoms with E-state index in [4.69, 9.17) is 4.74 Å². The summed E-state index contributed by atoms with van der Waals surface area (Å²) < 4.78 is 5.87. The number of carboxylic acid groups (broad SMARTS) is 1. The number of ether oxygens (including phenoxy) is 1. The minimum Gasteiger partial charge on any atom is -0.481 e. The lowest BCUT2D eigenvalue weighted by Crippen LogP contribution is -2.65. The Labute approximate surface area is 219 Å². The minimum absolute atomic E-state index is 0.00181. The molecule has 5 rings (SSSR count). The van der Waals surface area contributed by atoms with Gasteiger partial charge in [-0.15, -0.1) is 0 Å². The standard InChI is InChI=1S/C32H50O4/c1-20(33)36-25-12-13-29(6)23(28(25,4)5)11-14-31(8)24(29)10-9-21-22-19-27(2,3)15-17-32(22,26(34)35)18-16-30(21,31)7/h9,22-25H,10-19H2,1-8H3,(H,34,35)/t22-,23-,24-,25+,29-,30-,31+,32-/m0/s1. The zero-order valence-electron chi connectivity index (χ0n) is 24.1. The van der Waals surface area contributed by atoms with E-state index in [1.54, 1.807) is 6.92 Å². The monoisotopic (exact) mass is 498 g/mol. The summed E-state index contributed by atoms with van der Waals surface area (Å²) >= 11 is 0. The first-order valence-electron chi connectivity index (χ1n) is 14.6. The highest BCUT2D eigenvalue weighted by atomic mass is 16.5. The summed E-state index contributed by atoms with van der Waals surface area (Å²) in [6.45, 7) is 18.5. The maximum atomic E-state index is 12.8. The zero-order valence-corrected chi connectivity index (χ0v) is 24.1. The third-order valence-corrected chi connectivity index (χ3v) is 13.3. The summed E-state index contributed by atoms with van der Waals surface area (Å²) in [5.41, 5.74) is 1.50. The van der Waals surface area contributed by atoms with Crippen LogP contribution in [-0.4, -0.2) is 23.1 Å². The molecule has 0 heterocycles. The smallest absolute Gasteiger partial charge is 0.310 e. The number of carboxylic acids is 1. The molecule has 0 spiro atoms. The molecule has 4 fully saturated rings. The fourth-order valence-corrected chi connectivity index (χ4v) is 11.0. The van der Waals surface area contributed by atoms with Crippen LogP contribution < -0.4 is 0 Å². The molecule has 1 N–H and O–H groups in total. The average Bonchev–Trinajstić information content (AvgIpc) is 2.75. The van der Waals surface area contributed by atoms with Crippen molar-refractivity contribution in [3.63, 3.8) is 0 Å². The van der Waals surface area contributed by atoms with Crippen LogP contribution in [0.1, 0.15) is 120 Å². The quantitative estimate of drug-likeness (QED) is 0.311. The Hall–Kier alpha value is -1.32. The van der Waals surface area contributed by atoms with Crippen LogP contribution in [0.5, 0.6) is 0 Å². The van der Waals surface area contributed by atoms with Crippen molar-refractivity contribution in [3.05, 3.63) is 11.6 Å². The van der Waals surface area contributed by atoms with E-state index in [9.17, 15) is 14.7 Å². The van der Waals surface area contributed by atoms with Gasteiger partial charge < -0.3 is 9.84 Å². The zero-order chi connectivity index (χ0) is 26.5. The van der Waals surface area contributed by atoms with Crippen molar-refractivity contribution < 1.29 is 19.4 Å². The topological polar surface area (TPSA) is 63.6 Å². The van der Waals surface area contributed by atoms with E-state index in [1.807, 2.05) is 0 Å². The molecule has 4 nitrogen and oxygen atoms in total. The van der Waals surface area contributed by atoms with Crippen LogP contribution >= 0.6 is 0 Å². The number of esters is 1. The number of hydrogen-bond acceptors (Lipinski definition) is 3. The Balaban J connectivity index is 1.55. The van der Waals surface area contributed by atoms with Gasteiger partial charge in [0.05, 0.1) is 5.41 Å². The van der Waals surface area contributed by atoms with E-state index >= 15 is 0 Å². The van der Waals surface area contributed by atoms with Crippen LogP contribution in [0.2, 0.25) is 0 Å². The third-order valence-electron chi connectivity index (χ3n) is 13.3. The molecule has 0 unspecified atom stereocenters. The number of carbonyl (C=O) groups is 2. The highest BCUT2D eigenvalue weighted by molar-refractivity contribution is 5.76. The van der Waals surface area contributed by atoms with Gasteiger partial charge in [0.2, 0.25) is 0 Å². The molecule has 202 valence electrons. The van der Waals surface area contributed by atoms with Gasteiger partial charge in [-0.3, -0.25) is 9.59 Å². The summed E-state index contributed by atoms with van der Waals surface area (Å²) in [5, 5.41) is 10.5. The van der Waals surface area contributed by atoms with E-state index in [0.29, 0.717) is 11.8 Å². The molecule has 5 aliphatic carbocycles. The van der Waals surface area contributed by atoms with Gasteiger partial charge in [0.25, 0.3) is 0 Å². The minimum atomic E-state index is -0.574. The van der Waals surface area contributed by atoms with E-state index < -0.39 is 11.4 Å². The van der Waals surface area contributed by atoms with E-state index in [0.717, 1.165) is 57.8 Å². The SMILES string of the molecule is CC(=O)O[C@@H]1CC[C@@]2(C)[C@@H](CC[C@]3(C)[C@H]2CC=C2[C@@H]4CC(C)(C)CC[C@]4(C(=O)O)CC[C@@]23C)C1(C)C. The highest BCUT2D eigenvalue weighted by Gasteiger charge is 2.69. The molecule has 0 aromatic carbocycles. The Morgan fingerprint density at radius 3 is 2.19 bits per heavy atom. The molecule has 0 aromatic heterocycles. The van der Waals surface area contributed by atoms with Crippen molar-refractivity contribution in [2.75, 3.05) is 0 Å². The number of hydrogen-bond donors (Lipinski definition) is 1. The molecule has 0 bridgehead atoms. The van der Waals surface area contributed by atoms with Gasteiger partial charge in [-0.1, -0.05) is 60.1 Å². The number of aliphatic carboxylic acids is 1. The first-order chi connectivity index (χ1) is 16.5.